The number of rotatable bonds is 15. The van der Waals surface area contributed by atoms with Crippen LogP contribution in [0.25, 0.3) is 0 Å². The number of benzene rings is 2. The molecular weight excluding hydrogens is 753 g/mol. The van der Waals surface area contributed by atoms with Crippen LogP contribution in [0.5, 0.6) is 11.5 Å². The van der Waals surface area contributed by atoms with E-state index >= 15 is 0 Å². The molecule has 6 N–H and O–H groups in total. The van der Waals surface area contributed by atoms with Crippen LogP contribution in [0.2, 0.25) is 0 Å². The molecule has 0 spiro atoms. The van der Waals surface area contributed by atoms with E-state index in [2.05, 4.69) is 10.6 Å². The summed E-state index contributed by atoms with van der Waals surface area (Å²) in [4.78, 5) is 45.9. The molecule has 2 amide bonds. The number of carbonyl (C=O) groups excluding carboxylic acids is 3. The fraction of sp³-hybridized carbons (Fsp3) is 0.579. The Kier molecular flexibility index (Phi) is 21.2. The van der Waals surface area contributed by atoms with Crippen molar-refractivity contribution in [1.82, 2.24) is 10.6 Å². The maximum Gasteiger partial charge on any atom is 1.00 e. The fourth-order valence-electron chi connectivity index (χ4n) is 6.00. The molecule has 2 heterocycles. The summed E-state index contributed by atoms with van der Waals surface area (Å²) < 4.78 is 37.6. The predicted octanol–water partition coefficient (Wildman–Crippen LogP) is 0.350. The average Bonchev–Trinajstić information content (AvgIpc) is 3.54. The second-order valence-corrected chi connectivity index (χ2v) is 15.3. The van der Waals surface area contributed by atoms with Crippen LogP contribution in [-0.4, -0.2) is 103 Å². The molecule has 58 heavy (non-hydrogen) atoms. The third kappa shape index (κ3) is 17.1. The molecule has 0 radical (unpaired) electrons. The van der Waals surface area contributed by atoms with Crippen LogP contribution >= 0.6 is 0 Å². The number of alkyl carbamates (subject to hydrolysis) is 2. The molecule has 2 unspecified atom stereocenters. The van der Waals surface area contributed by atoms with Gasteiger partial charge in [0.25, 0.3) is 0 Å². The van der Waals surface area contributed by atoms with Gasteiger partial charge in [-0.05, 0) is 133 Å². The molecule has 17 nitrogen and oxygen atoms in total. The number of hydrogen-bond acceptors (Lipinski definition) is 14. The summed E-state index contributed by atoms with van der Waals surface area (Å²) in [5.41, 5.74) is 3.23. The van der Waals surface area contributed by atoms with E-state index < -0.39 is 55.8 Å². The van der Waals surface area contributed by atoms with Crippen LogP contribution in [-0.2, 0) is 33.1 Å². The maximum atomic E-state index is 11.8. The minimum Gasteiger partial charge on any atom is -0.870 e. The molecule has 20 heteroatoms. The van der Waals surface area contributed by atoms with E-state index in [1.807, 2.05) is 19.9 Å². The Morgan fingerprint density at radius 2 is 1.12 bits per heavy atom. The van der Waals surface area contributed by atoms with Gasteiger partial charge in [0.15, 0.2) is 0 Å². The normalized spacial score (nSPS) is 15.3. The van der Waals surface area contributed by atoms with Gasteiger partial charge in [-0.25, -0.2) is 9.59 Å². The van der Waals surface area contributed by atoms with Gasteiger partial charge < -0.3 is 64.3 Å². The van der Waals surface area contributed by atoms with E-state index in [4.69, 9.17) is 38.1 Å². The van der Waals surface area contributed by atoms with Gasteiger partial charge >= 0.3 is 57.2 Å². The number of carbonyl (C=O) groups is 4. The van der Waals surface area contributed by atoms with Crippen molar-refractivity contribution in [2.24, 2.45) is 0 Å². The van der Waals surface area contributed by atoms with E-state index in [0.29, 0.717) is 73.7 Å². The summed E-state index contributed by atoms with van der Waals surface area (Å²) in [6.07, 6.45) is -1.11. The molecular formula is C38H57B2LiN2O15. The number of hydrogen-bond donors (Lipinski definition) is 5. The van der Waals surface area contributed by atoms with Crippen molar-refractivity contribution in [3.63, 3.8) is 0 Å². The Balaban J connectivity index is 0.000000562. The van der Waals surface area contributed by atoms with Gasteiger partial charge in [0.1, 0.15) is 22.7 Å². The molecule has 0 aromatic heterocycles. The van der Waals surface area contributed by atoms with E-state index in [9.17, 15) is 29.2 Å². The topological polar surface area (TPSA) is 248 Å². The molecule has 2 atom stereocenters. The smallest absolute Gasteiger partial charge is 0.870 e. The number of carboxylic acids is 1. The van der Waals surface area contributed by atoms with Crippen LogP contribution < -0.4 is 49.9 Å². The molecule has 316 valence electrons. The van der Waals surface area contributed by atoms with Gasteiger partial charge in [-0.2, -0.15) is 0 Å². The summed E-state index contributed by atoms with van der Waals surface area (Å²) in [5, 5.41) is 34.6. The molecule has 0 saturated heterocycles. The van der Waals surface area contributed by atoms with E-state index in [0.717, 1.165) is 16.7 Å². The molecule has 2 aliphatic heterocycles. The van der Waals surface area contributed by atoms with Gasteiger partial charge in [0.05, 0.1) is 44.9 Å². The summed E-state index contributed by atoms with van der Waals surface area (Å²) in [6.45, 7) is 18.1. The standard InChI is InChI=1S/C20H30BNO7.C18H26BNO7.Li.H2O/c1-6-26-17(23)12-16-18-13(2)10-14(11-15(18)21(25)29-16)27-9-7-8-22-19(24)28-20(3,4)5;1-11-8-12(25-7-5-6-20-17(23)26-18(2,3)4)9-13-16(11)14(10-15(21)22)27-19(13)24;;/h10-11,16,25H,6-9,12H2,1-5H3,(H,22,24);8-9,14,24H,5-7,10H2,1-4H3,(H,20,23)(H,21,22);;1H2/q;;+1;/p-1. The van der Waals surface area contributed by atoms with Crippen LogP contribution in [0.1, 0.15) is 109 Å². The molecule has 4 rings (SSSR count). The van der Waals surface area contributed by atoms with Crippen molar-refractivity contribution in [3.8, 4) is 11.5 Å². The number of aryl methyl sites for hydroxylation is 2. The molecule has 0 bridgehead atoms. The molecule has 2 aromatic carbocycles. The second kappa shape index (κ2) is 23.6. The zero-order valence-electron chi connectivity index (χ0n) is 35.3. The Morgan fingerprint density at radius 1 is 0.724 bits per heavy atom. The Hall–Kier alpha value is -3.95. The van der Waals surface area contributed by atoms with Crippen LogP contribution in [0.15, 0.2) is 24.3 Å². The fourth-order valence-corrected chi connectivity index (χ4v) is 6.00. The third-order valence-corrected chi connectivity index (χ3v) is 8.08. The number of esters is 1. The van der Waals surface area contributed by atoms with Gasteiger partial charge in [-0.15, -0.1) is 0 Å². The van der Waals surface area contributed by atoms with Crippen LogP contribution in [0.3, 0.4) is 0 Å². The number of carboxylic acid groups (broad SMARTS) is 1. The summed E-state index contributed by atoms with van der Waals surface area (Å²) >= 11 is 0. The maximum absolute atomic E-state index is 11.8. The minimum absolute atomic E-state index is 0. The van der Waals surface area contributed by atoms with Gasteiger partial charge in [-0.1, -0.05) is 0 Å². The zero-order valence-corrected chi connectivity index (χ0v) is 35.3. The first-order chi connectivity index (χ1) is 26.2. The number of fused-ring (bicyclic) bond motifs is 2. The summed E-state index contributed by atoms with van der Waals surface area (Å²) in [5.74, 6) is -0.202. The molecule has 2 aliphatic rings. The Morgan fingerprint density at radius 3 is 1.48 bits per heavy atom. The Bertz CT molecular complexity index is 1690. The minimum atomic E-state index is -1.17. The van der Waals surface area contributed by atoms with Gasteiger partial charge in [0, 0.05) is 13.1 Å². The summed E-state index contributed by atoms with van der Waals surface area (Å²) in [7, 11) is -2.28. The SMILES string of the molecule is CCOC(=O)CC1OB(O)c2cc(OCCCNC(=O)OC(C)(C)C)cc(C)c21.Cc1cc(OCCCNC(=O)OC(C)(C)C)cc2c1C(CC(=O)O)OB2O.[Li+].[OH-]. The van der Waals surface area contributed by atoms with Crippen LogP contribution in [0, 0.1) is 13.8 Å². The molecule has 0 saturated carbocycles. The first-order valence-corrected chi connectivity index (χ1v) is 18.7. The Labute approximate surface area is 352 Å². The van der Waals surface area contributed by atoms with Crippen LogP contribution in [0.4, 0.5) is 9.59 Å². The monoisotopic (exact) mass is 810 g/mol. The first-order valence-electron chi connectivity index (χ1n) is 18.7. The average molecular weight is 810 g/mol. The zero-order chi connectivity index (χ0) is 41.8. The van der Waals surface area contributed by atoms with Crippen molar-refractivity contribution >= 4 is 49.3 Å². The molecule has 0 fully saturated rings. The quantitative estimate of drug-likeness (QED) is 0.0705. The molecule has 0 aliphatic carbocycles. The van der Waals surface area contributed by atoms with E-state index in [1.54, 1.807) is 66.7 Å². The largest absolute Gasteiger partial charge is 1.00 e. The molecule has 2 aromatic rings. The number of aliphatic carboxylic acids is 1. The number of nitrogens with one attached hydrogen (secondary N) is 2. The number of ether oxygens (including phenoxy) is 5. The third-order valence-electron chi connectivity index (χ3n) is 8.08. The first kappa shape index (κ1) is 52.1. The van der Waals surface area contributed by atoms with Gasteiger partial charge in [-0.3, -0.25) is 9.59 Å². The van der Waals surface area contributed by atoms with E-state index in [1.165, 1.54) is 0 Å². The predicted molar refractivity (Wildman–Crippen MR) is 209 cm³/mol. The number of amides is 2. The second-order valence-electron chi connectivity index (χ2n) is 15.3. The van der Waals surface area contributed by atoms with Gasteiger partial charge in [0.2, 0.25) is 0 Å². The van der Waals surface area contributed by atoms with Crippen molar-refractivity contribution in [2.45, 2.75) is 111 Å². The van der Waals surface area contributed by atoms with Crippen molar-refractivity contribution in [2.75, 3.05) is 32.9 Å². The van der Waals surface area contributed by atoms with E-state index in [-0.39, 0.29) is 43.1 Å². The van der Waals surface area contributed by atoms with Crippen molar-refractivity contribution in [1.29, 1.82) is 0 Å². The van der Waals surface area contributed by atoms with Crippen molar-refractivity contribution in [3.05, 3.63) is 46.5 Å². The summed E-state index contributed by atoms with van der Waals surface area (Å²) in [6, 6.07) is 7.02. The van der Waals surface area contributed by atoms with Crippen molar-refractivity contribution < 1.29 is 91.7 Å².